The fourth-order valence-electron chi connectivity index (χ4n) is 3.05. The normalized spacial score (nSPS) is 10.6. The quantitative estimate of drug-likeness (QED) is 0.241. The molecular formula is C24H38O4. The number of rotatable bonds is 17. The monoisotopic (exact) mass is 390 g/mol. The molecule has 0 saturated heterocycles. The molecule has 28 heavy (non-hydrogen) atoms. The Hall–Kier alpha value is -1.84. The fourth-order valence-corrected chi connectivity index (χ4v) is 3.05. The Bertz CT molecular complexity index is 513. The van der Waals surface area contributed by atoms with Crippen LogP contribution in [0.4, 0.5) is 0 Å². The van der Waals surface area contributed by atoms with Crippen LogP contribution in [0.5, 0.6) is 0 Å². The lowest BCUT2D eigenvalue weighted by molar-refractivity contribution is -0.145. The molecular weight excluding hydrogens is 352 g/mol. The predicted molar refractivity (Wildman–Crippen MR) is 113 cm³/mol. The standard InChI is InChI=1S/C24H38O4/c1-2-3-4-5-6-7-8-9-13-20-27-23(25)17-14-18-24(26)28-21-19-22-15-11-10-12-16-22/h10-12,15-16H,2-9,13-14,17-21H2,1H3. The predicted octanol–water partition coefficient (Wildman–Crippen LogP) is 6.02. The summed E-state index contributed by atoms with van der Waals surface area (Å²) in [6.45, 7) is 3.11. The van der Waals surface area contributed by atoms with Crippen LogP contribution in [0.15, 0.2) is 30.3 Å². The molecule has 0 fully saturated rings. The summed E-state index contributed by atoms with van der Waals surface area (Å²) in [7, 11) is 0. The van der Waals surface area contributed by atoms with E-state index >= 15 is 0 Å². The number of carbonyl (C=O) groups is 2. The molecule has 1 aromatic rings. The Morgan fingerprint density at radius 2 is 1.21 bits per heavy atom. The number of unbranched alkanes of at least 4 members (excludes halogenated alkanes) is 8. The van der Waals surface area contributed by atoms with Crippen LogP contribution in [0, 0.1) is 0 Å². The van der Waals surface area contributed by atoms with Gasteiger partial charge in [0.05, 0.1) is 13.2 Å². The van der Waals surface area contributed by atoms with Crippen LogP contribution >= 0.6 is 0 Å². The zero-order valence-corrected chi connectivity index (χ0v) is 17.6. The van der Waals surface area contributed by atoms with Crippen LogP contribution in [-0.4, -0.2) is 25.2 Å². The van der Waals surface area contributed by atoms with E-state index < -0.39 is 0 Å². The largest absolute Gasteiger partial charge is 0.466 e. The first-order chi connectivity index (χ1) is 13.7. The molecule has 0 radical (unpaired) electrons. The summed E-state index contributed by atoms with van der Waals surface area (Å²) in [4.78, 5) is 23.4. The number of hydrogen-bond acceptors (Lipinski definition) is 4. The van der Waals surface area contributed by atoms with Gasteiger partial charge in [-0.15, -0.1) is 0 Å². The Kier molecular flexibility index (Phi) is 14.9. The first kappa shape index (κ1) is 24.2. The van der Waals surface area contributed by atoms with Crippen LogP contribution in [0.25, 0.3) is 0 Å². The van der Waals surface area contributed by atoms with Crippen molar-refractivity contribution in [2.45, 2.75) is 90.4 Å². The third-order valence-corrected chi connectivity index (χ3v) is 4.77. The molecule has 0 aliphatic carbocycles. The van der Waals surface area contributed by atoms with E-state index in [0.29, 0.717) is 26.1 Å². The first-order valence-corrected chi connectivity index (χ1v) is 11.1. The first-order valence-electron chi connectivity index (χ1n) is 11.1. The van der Waals surface area contributed by atoms with E-state index in [0.717, 1.165) is 18.4 Å². The highest BCUT2D eigenvalue weighted by molar-refractivity contribution is 5.72. The van der Waals surface area contributed by atoms with Gasteiger partial charge in [-0.3, -0.25) is 9.59 Å². The van der Waals surface area contributed by atoms with E-state index in [1.165, 1.54) is 44.9 Å². The second-order valence-electron chi connectivity index (χ2n) is 7.36. The molecule has 0 unspecified atom stereocenters. The van der Waals surface area contributed by atoms with E-state index in [-0.39, 0.29) is 24.8 Å². The van der Waals surface area contributed by atoms with Gasteiger partial charge in [0.25, 0.3) is 0 Å². The lowest BCUT2D eigenvalue weighted by atomic mass is 10.1. The van der Waals surface area contributed by atoms with Crippen LogP contribution in [0.3, 0.4) is 0 Å². The van der Waals surface area contributed by atoms with Gasteiger partial charge in [0.15, 0.2) is 0 Å². The zero-order chi connectivity index (χ0) is 20.3. The van der Waals surface area contributed by atoms with Crippen molar-refractivity contribution in [2.75, 3.05) is 13.2 Å². The maximum Gasteiger partial charge on any atom is 0.305 e. The van der Waals surface area contributed by atoms with Crippen LogP contribution < -0.4 is 0 Å². The molecule has 0 spiro atoms. The molecule has 0 aliphatic rings. The van der Waals surface area contributed by atoms with Crippen LogP contribution in [0.2, 0.25) is 0 Å². The SMILES string of the molecule is CCCCCCCCCCCOC(=O)CCCC(=O)OCCc1ccccc1. The number of ether oxygens (including phenoxy) is 2. The summed E-state index contributed by atoms with van der Waals surface area (Å²) in [5, 5.41) is 0. The molecule has 0 aromatic heterocycles. The van der Waals surface area contributed by atoms with E-state index in [1.807, 2.05) is 30.3 Å². The lowest BCUT2D eigenvalue weighted by Gasteiger charge is -2.06. The average Bonchev–Trinajstić information content (AvgIpc) is 2.70. The second kappa shape index (κ2) is 17.3. The highest BCUT2D eigenvalue weighted by atomic mass is 16.5. The van der Waals surface area contributed by atoms with Gasteiger partial charge in [0, 0.05) is 19.3 Å². The molecule has 0 heterocycles. The van der Waals surface area contributed by atoms with Gasteiger partial charge in [-0.05, 0) is 18.4 Å². The van der Waals surface area contributed by atoms with Gasteiger partial charge >= 0.3 is 11.9 Å². The minimum absolute atomic E-state index is 0.211. The van der Waals surface area contributed by atoms with Crippen molar-refractivity contribution >= 4 is 11.9 Å². The van der Waals surface area contributed by atoms with Crippen molar-refractivity contribution in [3.05, 3.63) is 35.9 Å². The summed E-state index contributed by atoms with van der Waals surface area (Å²) < 4.78 is 10.4. The highest BCUT2D eigenvalue weighted by Crippen LogP contribution is 2.10. The maximum absolute atomic E-state index is 11.7. The minimum Gasteiger partial charge on any atom is -0.466 e. The van der Waals surface area contributed by atoms with Gasteiger partial charge < -0.3 is 9.47 Å². The Morgan fingerprint density at radius 1 is 0.679 bits per heavy atom. The van der Waals surface area contributed by atoms with Gasteiger partial charge in [-0.2, -0.15) is 0 Å². The summed E-state index contributed by atoms with van der Waals surface area (Å²) >= 11 is 0. The van der Waals surface area contributed by atoms with Crippen molar-refractivity contribution in [1.82, 2.24) is 0 Å². The molecule has 0 N–H and O–H groups in total. The van der Waals surface area contributed by atoms with E-state index in [2.05, 4.69) is 6.92 Å². The molecule has 158 valence electrons. The topological polar surface area (TPSA) is 52.6 Å². The van der Waals surface area contributed by atoms with E-state index in [1.54, 1.807) is 0 Å². The van der Waals surface area contributed by atoms with Crippen LogP contribution in [-0.2, 0) is 25.5 Å². The lowest BCUT2D eigenvalue weighted by Crippen LogP contribution is -2.10. The Labute approximate surface area is 171 Å². The Morgan fingerprint density at radius 3 is 1.82 bits per heavy atom. The molecule has 0 saturated carbocycles. The van der Waals surface area contributed by atoms with Crippen molar-refractivity contribution in [1.29, 1.82) is 0 Å². The van der Waals surface area contributed by atoms with Crippen molar-refractivity contribution in [3.8, 4) is 0 Å². The number of benzene rings is 1. The summed E-state index contributed by atoms with van der Waals surface area (Å²) in [6.07, 6.45) is 13.0. The van der Waals surface area contributed by atoms with Gasteiger partial charge in [-0.1, -0.05) is 88.6 Å². The van der Waals surface area contributed by atoms with Crippen molar-refractivity contribution in [2.24, 2.45) is 0 Å². The smallest absolute Gasteiger partial charge is 0.305 e. The van der Waals surface area contributed by atoms with Gasteiger partial charge in [0.1, 0.15) is 0 Å². The molecule has 1 rings (SSSR count). The summed E-state index contributed by atoms with van der Waals surface area (Å²) in [6, 6.07) is 9.92. The molecule has 0 aliphatic heterocycles. The van der Waals surface area contributed by atoms with Crippen molar-refractivity contribution in [3.63, 3.8) is 0 Å². The van der Waals surface area contributed by atoms with Crippen LogP contribution in [0.1, 0.15) is 89.5 Å². The molecule has 0 atom stereocenters. The third kappa shape index (κ3) is 14.2. The fraction of sp³-hybridized carbons (Fsp3) is 0.667. The number of hydrogen-bond donors (Lipinski definition) is 0. The zero-order valence-electron chi connectivity index (χ0n) is 17.6. The van der Waals surface area contributed by atoms with Gasteiger partial charge in [0.2, 0.25) is 0 Å². The molecule has 0 amide bonds. The third-order valence-electron chi connectivity index (χ3n) is 4.77. The van der Waals surface area contributed by atoms with Gasteiger partial charge in [-0.25, -0.2) is 0 Å². The summed E-state index contributed by atoms with van der Waals surface area (Å²) in [5.74, 6) is -0.459. The molecule has 4 heteroatoms. The van der Waals surface area contributed by atoms with Crippen molar-refractivity contribution < 1.29 is 19.1 Å². The summed E-state index contributed by atoms with van der Waals surface area (Å²) in [5.41, 5.74) is 1.15. The molecule has 4 nitrogen and oxygen atoms in total. The highest BCUT2D eigenvalue weighted by Gasteiger charge is 2.07. The number of esters is 2. The molecule has 1 aromatic carbocycles. The Balaban J connectivity index is 1.87. The van der Waals surface area contributed by atoms with E-state index in [9.17, 15) is 9.59 Å². The van der Waals surface area contributed by atoms with E-state index in [4.69, 9.17) is 9.47 Å². The molecule has 0 bridgehead atoms. The number of carbonyl (C=O) groups excluding carboxylic acids is 2. The maximum atomic E-state index is 11.7. The average molecular weight is 391 g/mol. The minimum atomic E-state index is -0.248. The second-order valence-corrected chi connectivity index (χ2v) is 7.36.